The number of hydrogen-bond acceptors (Lipinski definition) is 3. The predicted octanol–water partition coefficient (Wildman–Crippen LogP) is 5.78. The molecule has 0 aliphatic heterocycles. The van der Waals surface area contributed by atoms with E-state index in [0.29, 0.717) is 17.8 Å². The summed E-state index contributed by atoms with van der Waals surface area (Å²) in [5.41, 5.74) is 2.49. The minimum absolute atomic E-state index is 0.156. The third-order valence-electron chi connectivity index (χ3n) is 9.68. The van der Waals surface area contributed by atoms with Crippen molar-refractivity contribution >= 4 is 6.08 Å². The van der Waals surface area contributed by atoms with Gasteiger partial charge in [0.2, 0.25) is 0 Å². The number of hydrogen-bond donors (Lipinski definition) is 1. The Morgan fingerprint density at radius 3 is 2.69 bits per heavy atom. The van der Waals surface area contributed by atoms with Gasteiger partial charge in [-0.25, -0.2) is 4.39 Å². The molecule has 3 nitrogen and oxygen atoms in total. The van der Waals surface area contributed by atoms with Gasteiger partial charge in [-0.15, -0.1) is 0 Å². The van der Waals surface area contributed by atoms with Crippen LogP contribution in [0.3, 0.4) is 0 Å². The van der Waals surface area contributed by atoms with Gasteiger partial charge in [-0.2, -0.15) is 0 Å². The van der Waals surface area contributed by atoms with Crippen molar-refractivity contribution in [3.05, 3.63) is 58.7 Å². The van der Waals surface area contributed by atoms with Crippen molar-refractivity contribution in [2.24, 2.45) is 28.6 Å². The molecule has 3 fully saturated rings. The van der Waals surface area contributed by atoms with E-state index in [0.717, 1.165) is 49.8 Å². The lowest BCUT2D eigenvalue weighted by Crippen LogP contribution is -2.54. The molecule has 6 rings (SSSR count). The SMILES string of the molecule is C[C@]12Cc3cnoc3C=C1CC[C@@H]1[C@@H]2CC[C@@]2(C)[C@H]1CC[C@@]2(O)C#Cc1ccc(F)cc1. The highest BCUT2D eigenvalue weighted by Gasteiger charge is 2.63. The van der Waals surface area contributed by atoms with Crippen LogP contribution in [0.2, 0.25) is 0 Å². The molecule has 4 aliphatic rings. The summed E-state index contributed by atoms with van der Waals surface area (Å²) in [5.74, 6) is 8.81. The van der Waals surface area contributed by atoms with Crippen LogP contribution in [-0.4, -0.2) is 15.9 Å². The summed E-state index contributed by atoms with van der Waals surface area (Å²) in [4.78, 5) is 0. The molecule has 0 amide bonds. The first-order valence-electron chi connectivity index (χ1n) is 12.0. The lowest BCUT2D eigenvalue weighted by atomic mass is 9.46. The van der Waals surface area contributed by atoms with Crippen LogP contribution in [0.25, 0.3) is 6.08 Å². The van der Waals surface area contributed by atoms with Crippen LogP contribution in [-0.2, 0) is 6.42 Å². The summed E-state index contributed by atoms with van der Waals surface area (Å²) in [6.45, 7) is 4.72. The summed E-state index contributed by atoms with van der Waals surface area (Å²) < 4.78 is 18.7. The Kier molecular flexibility index (Phi) is 4.31. The van der Waals surface area contributed by atoms with E-state index in [1.165, 1.54) is 29.7 Å². The minimum atomic E-state index is -0.984. The monoisotopic (exact) mass is 431 g/mol. The zero-order valence-corrected chi connectivity index (χ0v) is 18.8. The third kappa shape index (κ3) is 2.73. The van der Waals surface area contributed by atoms with Crippen molar-refractivity contribution in [3.63, 3.8) is 0 Å². The Labute approximate surface area is 189 Å². The zero-order chi connectivity index (χ0) is 22.1. The number of rotatable bonds is 0. The Balaban J connectivity index is 1.30. The molecule has 6 atom stereocenters. The van der Waals surface area contributed by atoms with Crippen molar-refractivity contribution in [1.29, 1.82) is 0 Å². The van der Waals surface area contributed by atoms with Crippen LogP contribution in [0.5, 0.6) is 0 Å². The molecule has 2 aromatic rings. The fourth-order valence-electron chi connectivity index (χ4n) is 7.81. The molecule has 32 heavy (non-hydrogen) atoms. The van der Waals surface area contributed by atoms with Gasteiger partial charge in [0.1, 0.15) is 11.4 Å². The quantitative estimate of drug-likeness (QED) is 0.538. The normalized spacial score (nSPS) is 39.6. The lowest BCUT2D eigenvalue weighted by molar-refractivity contribution is -0.0975. The number of nitrogens with zero attached hydrogens (tertiary/aromatic N) is 1. The second-order valence-corrected chi connectivity index (χ2v) is 11.0. The molecule has 3 saturated carbocycles. The molecule has 0 bridgehead atoms. The maximum atomic E-state index is 13.2. The Morgan fingerprint density at radius 1 is 1.09 bits per heavy atom. The standard InChI is InChI=1S/C28H30FNO2/c1-26-16-19-17-30-32-25(19)15-20(26)5-8-22-23(26)10-12-27(2)24(22)11-14-28(27,31)13-9-18-3-6-21(29)7-4-18/h3-4,6-7,15,17,22-24,31H,5,8,10-12,14,16H2,1-2H3/t22-,23+,24+,26+,27+,28+/m1/s1. The highest BCUT2D eigenvalue weighted by molar-refractivity contribution is 5.57. The van der Waals surface area contributed by atoms with E-state index in [9.17, 15) is 9.50 Å². The Hall–Kier alpha value is -2.38. The van der Waals surface area contributed by atoms with E-state index >= 15 is 0 Å². The van der Waals surface area contributed by atoms with Gasteiger partial charge in [0.15, 0.2) is 5.76 Å². The van der Waals surface area contributed by atoms with Crippen LogP contribution in [0.15, 0.2) is 40.6 Å². The molecule has 166 valence electrons. The highest BCUT2D eigenvalue weighted by Crippen LogP contribution is 2.67. The Bertz CT molecular complexity index is 1150. The number of benzene rings is 1. The van der Waals surface area contributed by atoms with Gasteiger partial charge in [-0.05, 0) is 98.5 Å². The predicted molar refractivity (Wildman–Crippen MR) is 121 cm³/mol. The summed E-state index contributed by atoms with van der Waals surface area (Å²) in [6.07, 6.45) is 11.3. The first-order valence-corrected chi connectivity index (χ1v) is 12.0. The lowest BCUT2D eigenvalue weighted by Gasteiger charge is -2.58. The van der Waals surface area contributed by atoms with Gasteiger partial charge < -0.3 is 9.63 Å². The first kappa shape index (κ1) is 20.2. The van der Waals surface area contributed by atoms with Crippen LogP contribution in [0.1, 0.15) is 69.3 Å². The molecule has 1 heterocycles. The van der Waals surface area contributed by atoms with Crippen molar-refractivity contribution < 1.29 is 14.0 Å². The molecule has 0 radical (unpaired) electrons. The maximum Gasteiger partial charge on any atom is 0.162 e. The Morgan fingerprint density at radius 2 is 1.88 bits per heavy atom. The first-order chi connectivity index (χ1) is 15.3. The number of halogens is 1. The van der Waals surface area contributed by atoms with Gasteiger partial charge in [0.05, 0.1) is 6.20 Å². The molecule has 1 aromatic carbocycles. The molecule has 0 saturated heterocycles. The van der Waals surface area contributed by atoms with Gasteiger partial charge in [-0.3, -0.25) is 0 Å². The summed E-state index contributed by atoms with van der Waals surface area (Å²) in [7, 11) is 0. The van der Waals surface area contributed by atoms with Crippen LogP contribution in [0.4, 0.5) is 4.39 Å². The van der Waals surface area contributed by atoms with Gasteiger partial charge >= 0.3 is 0 Å². The van der Waals surface area contributed by atoms with Gasteiger partial charge in [-0.1, -0.05) is 36.4 Å². The molecule has 4 aliphatic carbocycles. The smallest absolute Gasteiger partial charge is 0.162 e. The number of aliphatic hydroxyl groups is 1. The van der Waals surface area contributed by atoms with Crippen LogP contribution in [0, 0.1) is 46.2 Å². The maximum absolute atomic E-state index is 13.2. The number of aromatic nitrogens is 1. The van der Waals surface area contributed by atoms with Gasteiger partial charge in [0, 0.05) is 16.5 Å². The number of fused-ring (bicyclic) bond motifs is 6. The second-order valence-electron chi connectivity index (χ2n) is 11.0. The van der Waals surface area contributed by atoms with E-state index in [2.05, 4.69) is 36.9 Å². The molecular weight excluding hydrogens is 401 g/mol. The number of allylic oxidation sites excluding steroid dienone is 1. The van der Waals surface area contributed by atoms with Crippen molar-refractivity contribution in [2.75, 3.05) is 0 Å². The van der Waals surface area contributed by atoms with E-state index < -0.39 is 5.60 Å². The van der Waals surface area contributed by atoms with E-state index in [4.69, 9.17) is 4.52 Å². The summed E-state index contributed by atoms with van der Waals surface area (Å²) in [6, 6.07) is 6.24. The summed E-state index contributed by atoms with van der Waals surface area (Å²) in [5, 5.41) is 15.8. The molecule has 1 N–H and O–H groups in total. The molecule has 4 heteroatoms. The fourth-order valence-corrected chi connectivity index (χ4v) is 7.81. The average molecular weight is 432 g/mol. The average Bonchev–Trinajstić information content (AvgIpc) is 3.33. The highest BCUT2D eigenvalue weighted by atomic mass is 19.1. The minimum Gasteiger partial charge on any atom is -0.377 e. The molecule has 0 spiro atoms. The zero-order valence-electron chi connectivity index (χ0n) is 18.8. The second kappa shape index (κ2) is 6.81. The van der Waals surface area contributed by atoms with E-state index in [1.807, 2.05) is 6.20 Å². The fraction of sp³-hybridized carbons (Fsp3) is 0.536. The van der Waals surface area contributed by atoms with Crippen molar-refractivity contribution in [2.45, 2.75) is 64.4 Å². The third-order valence-corrected chi connectivity index (χ3v) is 9.68. The summed E-state index contributed by atoms with van der Waals surface area (Å²) >= 11 is 0. The van der Waals surface area contributed by atoms with Crippen LogP contribution >= 0.6 is 0 Å². The molecular formula is C28H30FNO2. The molecule has 1 aromatic heterocycles. The van der Waals surface area contributed by atoms with Crippen LogP contribution < -0.4 is 0 Å². The molecule has 0 unspecified atom stereocenters. The largest absolute Gasteiger partial charge is 0.377 e. The van der Waals surface area contributed by atoms with Gasteiger partial charge in [0.25, 0.3) is 0 Å². The van der Waals surface area contributed by atoms with E-state index in [-0.39, 0.29) is 16.6 Å². The van der Waals surface area contributed by atoms with Crippen molar-refractivity contribution in [3.8, 4) is 11.8 Å². The topological polar surface area (TPSA) is 46.3 Å². The van der Waals surface area contributed by atoms with E-state index in [1.54, 1.807) is 12.1 Å². The van der Waals surface area contributed by atoms with Crippen molar-refractivity contribution in [1.82, 2.24) is 5.16 Å².